The van der Waals surface area contributed by atoms with Crippen molar-refractivity contribution in [3.63, 3.8) is 0 Å². The SMILES string of the molecule is CC(Nc1nccc2ccccc12)C(C)(C)C. The van der Waals surface area contributed by atoms with Gasteiger partial charge in [0, 0.05) is 17.6 Å². The van der Waals surface area contributed by atoms with Gasteiger partial charge in [-0.25, -0.2) is 4.98 Å². The molecule has 0 bridgehead atoms. The number of anilines is 1. The summed E-state index contributed by atoms with van der Waals surface area (Å²) in [6, 6.07) is 10.8. The van der Waals surface area contributed by atoms with Crippen LogP contribution in [-0.4, -0.2) is 11.0 Å². The Morgan fingerprint density at radius 1 is 1.12 bits per heavy atom. The van der Waals surface area contributed by atoms with E-state index in [9.17, 15) is 0 Å². The molecule has 17 heavy (non-hydrogen) atoms. The van der Waals surface area contributed by atoms with E-state index in [4.69, 9.17) is 0 Å². The Labute approximate surface area is 103 Å². The third-order valence-electron chi connectivity index (χ3n) is 3.33. The number of hydrogen-bond donors (Lipinski definition) is 1. The second-order valence-corrected chi connectivity index (χ2v) is 5.61. The summed E-state index contributed by atoms with van der Waals surface area (Å²) in [6.07, 6.45) is 1.86. The molecule has 1 heterocycles. The molecule has 0 saturated heterocycles. The Hall–Kier alpha value is -1.57. The van der Waals surface area contributed by atoms with Crippen LogP contribution in [0.5, 0.6) is 0 Å². The first-order valence-corrected chi connectivity index (χ1v) is 6.09. The minimum Gasteiger partial charge on any atom is -0.367 e. The molecule has 0 aliphatic heterocycles. The van der Waals surface area contributed by atoms with E-state index in [1.54, 1.807) is 0 Å². The summed E-state index contributed by atoms with van der Waals surface area (Å²) >= 11 is 0. The third kappa shape index (κ3) is 2.57. The smallest absolute Gasteiger partial charge is 0.134 e. The number of hydrogen-bond acceptors (Lipinski definition) is 2. The van der Waals surface area contributed by atoms with Gasteiger partial charge in [0.25, 0.3) is 0 Å². The number of aromatic nitrogens is 1. The van der Waals surface area contributed by atoms with Crippen molar-refractivity contribution in [2.24, 2.45) is 5.41 Å². The van der Waals surface area contributed by atoms with Crippen molar-refractivity contribution in [1.29, 1.82) is 0 Å². The molecule has 1 unspecified atom stereocenters. The molecule has 2 aromatic rings. The molecule has 2 nitrogen and oxygen atoms in total. The second kappa shape index (κ2) is 4.36. The zero-order valence-corrected chi connectivity index (χ0v) is 11.0. The molecular weight excluding hydrogens is 208 g/mol. The molecule has 90 valence electrons. The summed E-state index contributed by atoms with van der Waals surface area (Å²) in [6.45, 7) is 8.89. The Morgan fingerprint density at radius 2 is 1.82 bits per heavy atom. The maximum absolute atomic E-state index is 4.45. The lowest BCUT2D eigenvalue weighted by molar-refractivity contribution is 0.359. The highest BCUT2D eigenvalue weighted by Gasteiger charge is 2.20. The fourth-order valence-electron chi connectivity index (χ4n) is 1.66. The first kappa shape index (κ1) is 11.9. The minimum absolute atomic E-state index is 0.221. The summed E-state index contributed by atoms with van der Waals surface area (Å²) in [5.74, 6) is 0.977. The average molecular weight is 228 g/mol. The molecule has 2 heteroatoms. The zero-order chi connectivity index (χ0) is 12.5. The van der Waals surface area contributed by atoms with E-state index in [1.807, 2.05) is 12.3 Å². The van der Waals surface area contributed by atoms with Crippen molar-refractivity contribution >= 4 is 16.6 Å². The second-order valence-electron chi connectivity index (χ2n) is 5.61. The summed E-state index contributed by atoms with van der Waals surface area (Å²) < 4.78 is 0. The van der Waals surface area contributed by atoms with E-state index in [-0.39, 0.29) is 5.41 Å². The molecule has 0 saturated carbocycles. The van der Waals surface area contributed by atoms with Crippen LogP contribution in [0, 0.1) is 5.41 Å². The van der Waals surface area contributed by atoms with Gasteiger partial charge in [0.2, 0.25) is 0 Å². The van der Waals surface area contributed by atoms with Crippen LogP contribution in [0.3, 0.4) is 0 Å². The predicted molar refractivity (Wildman–Crippen MR) is 74.3 cm³/mol. The lowest BCUT2D eigenvalue weighted by Gasteiger charge is -2.28. The van der Waals surface area contributed by atoms with Crippen LogP contribution >= 0.6 is 0 Å². The van der Waals surface area contributed by atoms with E-state index in [0.29, 0.717) is 6.04 Å². The molecule has 0 spiro atoms. The van der Waals surface area contributed by atoms with Gasteiger partial charge >= 0.3 is 0 Å². The van der Waals surface area contributed by atoms with Gasteiger partial charge in [-0.05, 0) is 23.8 Å². The van der Waals surface area contributed by atoms with Crippen molar-refractivity contribution < 1.29 is 0 Å². The number of fused-ring (bicyclic) bond motifs is 1. The Morgan fingerprint density at radius 3 is 2.53 bits per heavy atom. The van der Waals surface area contributed by atoms with Crippen LogP contribution in [0.1, 0.15) is 27.7 Å². The molecule has 0 aliphatic carbocycles. The highest BCUT2D eigenvalue weighted by molar-refractivity contribution is 5.91. The highest BCUT2D eigenvalue weighted by atomic mass is 15.0. The summed E-state index contributed by atoms with van der Waals surface area (Å²) in [4.78, 5) is 4.45. The number of rotatable bonds is 2. The van der Waals surface area contributed by atoms with Gasteiger partial charge in [-0.1, -0.05) is 45.0 Å². The highest BCUT2D eigenvalue weighted by Crippen LogP contribution is 2.26. The minimum atomic E-state index is 0.221. The number of benzene rings is 1. The molecule has 1 N–H and O–H groups in total. The van der Waals surface area contributed by atoms with Gasteiger partial charge < -0.3 is 5.32 Å². The van der Waals surface area contributed by atoms with E-state index in [0.717, 1.165) is 5.82 Å². The van der Waals surface area contributed by atoms with Gasteiger partial charge in [0.15, 0.2) is 0 Å². The number of nitrogens with one attached hydrogen (secondary N) is 1. The molecule has 0 radical (unpaired) electrons. The zero-order valence-electron chi connectivity index (χ0n) is 11.0. The lowest BCUT2D eigenvalue weighted by Crippen LogP contribution is -2.31. The van der Waals surface area contributed by atoms with Crippen LogP contribution < -0.4 is 5.32 Å². The van der Waals surface area contributed by atoms with E-state index < -0.39 is 0 Å². The van der Waals surface area contributed by atoms with E-state index in [1.165, 1.54) is 10.8 Å². The number of pyridine rings is 1. The van der Waals surface area contributed by atoms with Gasteiger partial charge in [-0.15, -0.1) is 0 Å². The molecule has 0 fully saturated rings. The quantitative estimate of drug-likeness (QED) is 0.837. The van der Waals surface area contributed by atoms with Crippen molar-refractivity contribution in [3.8, 4) is 0 Å². The Balaban J connectivity index is 2.36. The van der Waals surface area contributed by atoms with E-state index in [2.05, 4.69) is 62.3 Å². The Bertz CT molecular complexity index is 506. The molecule has 1 atom stereocenters. The first-order valence-electron chi connectivity index (χ1n) is 6.09. The van der Waals surface area contributed by atoms with Crippen molar-refractivity contribution in [2.75, 3.05) is 5.32 Å². The molecule has 1 aromatic carbocycles. The van der Waals surface area contributed by atoms with Crippen molar-refractivity contribution in [3.05, 3.63) is 36.5 Å². The standard InChI is InChI=1S/C15H20N2/c1-11(15(2,3)4)17-14-13-8-6-5-7-12(13)9-10-16-14/h5-11H,1-4H3,(H,16,17). The van der Waals surface area contributed by atoms with Crippen LogP contribution in [-0.2, 0) is 0 Å². The first-order chi connectivity index (χ1) is 7.98. The van der Waals surface area contributed by atoms with Gasteiger partial charge in [0.1, 0.15) is 5.82 Å². The van der Waals surface area contributed by atoms with Crippen LogP contribution in [0.15, 0.2) is 36.5 Å². The predicted octanol–water partition coefficient (Wildman–Crippen LogP) is 4.08. The fraction of sp³-hybridized carbons (Fsp3) is 0.400. The molecule has 2 rings (SSSR count). The normalized spacial score (nSPS) is 13.6. The Kier molecular flexibility index (Phi) is 3.05. The van der Waals surface area contributed by atoms with Crippen LogP contribution in [0.25, 0.3) is 10.8 Å². The van der Waals surface area contributed by atoms with Crippen molar-refractivity contribution in [2.45, 2.75) is 33.7 Å². The van der Waals surface area contributed by atoms with Gasteiger partial charge in [0.05, 0.1) is 0 Å². The maximum atomic E-state index is 4.45. The molecule has 0 amide bonds. The molecular formula is C15H20N2. The summed E-state index contributed by atoms with van der Waals surface area (Å²) in [5.41, 5.74) is 0.221. The monoisotopic (exact) mass is 228 g/mol. The van der Waals surface area contributed by atoms with Crippen LogP contribution in [0.4, 0.5) is 5.82 Å². The average Bonchev–Trinajstić information content (AvgIpc) is 2.28. The third-order valence-corrected chi connectivity index (χ3v) is 3.33. The molecule has 1 aromatic heterocycles. The van der Waals surface area contributed by atoms with Gasteiger partial charge in [-0.2, -0.15) is 0 Å². The lowest BCUT2D eigenvalue weighted by atomic mass is 9.88. The number of nitrogens with zero attached hydrogens (tertiary/aromatic N) is 1. The van der Waals surface area contributed by atoms with Gasteiger partial charge in [-0.3, -0.25) is 0 Å². The maximum Gasteiger partial charge on any atom is 0.134 e. The fourth-order valence-corrected chi connectivity index (χ4v) is 1.66. The molecule has 0 aliphatic rings. The van der Waals surface area contributed by atoms with Crippen molar-refractivity contribution in [1.82, 2.24) is 4.98 Å². The topological polar surface area (TPSA) is 24.9 Å². The largest absolute Gasteiger partial charge is 0.367 e. The van der Waals surface area contributed by atoms with E-state index >= 15 is 0 Å². The summed E-state index contributed by atoms with van der Waals surface area (Å²) in [7, 11) is 0. The summed E-state index contributed by atoms with van der Waals surface area (Å²) in [5, 5.41) is 5.93. The van der Waals surface area contributed by atoms with Crippen LogP contribution in [0.2, 0.25) is 0 Å².